The van der Waals surface area contributed by atoms with Crippen molar-refractivity contribution in [2.24, 2.45) is 10.9 Å². The zero-order valence-corrected chi connectivity index (χ0v) is 20.0. The van der Waals surface area contributed by atoms with E-state index in [9.17, 15) is 4.39 Å². The van der Waals surface area contributed by atoms with Gasteiger partial charge in [0.25, 0.3) is 0 Å². The number of likely N-dealkylation sites (N-methyl/N-ethyl adjacent to an activating group) is 1. The number of piperazine rings is 1. The molecule has 3 N–H and O–H groups in total. The summed E-state index contributed by atoms with van der Waals surface area (Å²) in [5.74, 6) is 1.18. The zero-order valence-electron chi connectivity index (χ0n) is 17.7. The molecule has 1 aliphatic heterocycles. The predicted molar refractivity (Wildman–Crippen MR) is 130 cm³/mol. The Labute approximate surface area is 190 Å². The van der Waals surface area contributed by atoms with Crippen LogP contribution in [0.1, 0.15) is 12.5 Å². The van der Waals surface area contributed by atoms with E-state index in [0.29, 0.717) is 5.92 Å². The average molecular weight is 516 g/mol. The number of halogens is 2. The van der Waals surface area contributed by atoms with E-state index in [1.54, 1.807) is 7.05 Å². The fraction of sp³-hybridized carbons (Fsp3) is 0.571. The van der Waals surface area contributed by atoms with Crippen LogP contribution in [0.3, 0.4) is 0 Å². The minimum atomic E-state index is -0.214. The van der Waals surface area contributed by atoms with E-state index in [2.05, 4.69) is 44.4 Å². The molecule has 0 saturated carbocycles. The number of benzene rings is 1. The molecule has 0 spiro atoms. The van der Waals surface area contributed by atoms with E-state index in [1.807, 2.05) is 12.3 Å². The predicted octanol–water partition coefficient (Wildman–Crippen LogP) is 2.52. The van der Waals surface area contributed by atoms with Crippen molar-refractivity contribution in [1.29, 1.82) is 0 Å². The lowest BCUT2D eigenvalue weighted by molar-refractivity contribution is 0.139. The third kappa shape index (κ3) is 7.11. The smallest absolute Gasteiger partial charge is 0.190 e. The Morgan fingerprint density at radius 1 is 1.24 bits per heavy atom. The first-order chi connectivity index (χ1) is 13.5. The Kier molecular flexibility index (Phi) is 9.64. The summed E-state index contributed by atoms with van der Waals surface area (Å²) in [5, 5.41) is 7.89. The third-order valence-corrected chi connectivity index (χ3v) is 5.42. The minimum Gasteiger partial charge on any atom is -0.361 e. The molecule has 162 valence electrons. The molecule has 1 aromatic heterocycles. The van der Waals surface area contributed by atoms with Gasteiger partial charge in [-0.15, -0.1) is 24.0 Å². The van der Waals surface area contributed by atoms with Crippen molar-refractivity contribution >= 4 is 40.8 Å². The topological polar surface area (TPSA) is 58.7 Å². The van der Waals surface area contributed by atoms with Gasteiger partial charge in [0, 0.05) is 70.0 Å². The fourth-order valence-corrected chi connectivity index (χ4v) is 3.71. The number of fused-ring (bicyclic) bond motifs is 1. The average Bonchev–Trinajstić information content (AvgIpc) is 3.08. The molecule has 1 aromatic carbocycles. The van der Waals surface area contributed by atoms with E-state index >= 15 is 0 Å². The van der Waals surface area contributed by atoms with Crippen LogP contribution in [0.4, 0.5) is 4.39 Å². The number of aromatic nitrogens is 1. The van der Waals surface area contributed by atoms with Crippen molar-refractivity contribution in [3.8, 4) is 0 Å². The van der Waals surface area contributed by atoms with Gasteiger partial charge >= 0.3 is 0 Å². The second-order valence-electron chi connectivity index (χ2n) is 7.84. The molecule has 1 fully saturated rings. The van der Waals surface area contributed by atoms with Crippen LogP contribution >= 0.6 is 24.0 Å². The number of aliphatic imine (C=N–C) groups is 1. The highest BCUT2D eigenvalue weighted by Gasteiger charge is 2.16. The highest BCUT2D eigenvalue weighted by Crippen LogP contribution is 2.19. The van der Waals surface area contributed by atoms with Gasteiger partial charge < -0.3 is 25.4 Å². The summed E-state index contributed by atoms with van der Waals surface area (Å²) in [4.78, 5) is 12.4. The van der Waals surface area contributed by atoms with Gasteiger partial charge in [-0.05, 0) is 43.1 Å². The summed E-state index contributed by atoms with van der Waals surface area (Å²) in [6, 6.07) is 4.88. The van der Waals surface area contributed by atoms with E-state index in [-0.39, 0.29) is 29.8 Å². The van der Waals surface area contributed by atoms with Gasteiger partial charge in [-0.2, -0.15) is 0 Å². The van der Waals surface area contributed by atoms with Crippen molar-refractivity contribution in [3.63, 3.8) is 0 Å². The number of hydrogen-bond acceptors (Lipinski definition) is 3. The Bertz CT molecular complexity index is 785. The highest BCUT2D eigenvalue weighted by atomic mass is 127. The summed E-state index contributed by atoms with van der Waals surface area (Å²) in [6.07, 6.45) is 2.81. The van der Waals surface area contributed by atoms with Crippen LogP contribution in [0, 0.1) is 11.7 Å². The van der Waals surface area contributed by atoms with Crippen LogP contribution < -0.4 is 10.6 Å². The van der Waals surface area contributed by atoms with Gasteiger partial charge in [0.1, 0.15) is 5.82 Å². The minimum absolute atomic E-state index is 0. The van der Waals surface area contributed by atoms with Crippen molar-refractivity contribution in [3.05, 3.63) is 35.8 Å². The lowest BCUT2D eigenvalue weighted by atomic mass is 10.1. The van der Waals surface area contributed by atoms with Gasteiger partial charge in [0.05, 0.1) is 0 Å². The molecule has 2 aromatic rings. The first-order valence-electron chi connectivity index (χ1n) is 10.2. The molecule has 8 heteroatoms. The second-order valence-corrected chi connectivity index (χ2v) is 7.84. The number of hydrogen-bond donors (Lipinski definition) is 3. The van der Waals surface area contributed by atoms with Crippen molar-refractivity contribution < 1.29 is 4.39 Å². The first kappa shape index (κ1) is 23.9. The van der Waals surface area contributed by atoms with E-state index in [1.165, 1.54) is 17.7 Å². The summed E-state index contributed by atoms with van der Waals surface area (Å²) < 4.78 is 13.3. The number of rotatable bonds is 7. The van der Waals surface area contributed by atoms with Crippen molar-refractivity contribution in [2.75, 3.05) is 59.9 Å². The highest BCUT2D eigenvalue weighted by molar-refractivity contribution is 14.0. The van der Waals surface area contributed by atoms with Crippen LogP contribution in [-0.2, 0) is 6.42 Å². The van der Waals surface area contributed by atoms with Crippen molar-refractivity contribution in [1.82, 2.24) is 25.4 Å². The Balaban J connectivity index is 0.00000300. The van der Waals surface area contributed by atoms with Crippen LogP contribution in [0.2, 0.25) is 0 Å². The Morgan fingerprint density at radius 3 is 2.72 bits per heavy atom. The molecule has 0 aliphatic carbocycles. The van der Waals surface area contributed by atoms with Crippen LogP contribution in [0.15, 0.2) is 29.4 Å². The standard InChI is InChI=1S/C21H33FN6.HI/c1-16(15-28-10-8-27(3)9-11-28)13-26-21(23-2)24-7-6-17-14-25-20-12-18(22)4-5-19(17)20;/h4-5,12,14,16,25H,6-11,13,15H2,1-3H3,(H2,23,24,26);1H. The van der Waals surface area contributed by atoms with Gasteiger partial charge in [0.15, 0.2) is 5.96 Å². The molecule has 1 aliphatic rings. The summed E-state index contributed by atoms with van der Waals surface area (Å²) in [5.41, 5.74) is 2.02. The van der Waals surface area contributed by atoms with Gasteiger partial charge in [-0.3, -0.25) is 4.99 Å². The number of nitrogens with one attached hydrogen (secondary N) is 3. The molecule has 1 unspecified atom stereocenters. The quantitative estimate of drug-likeness (QED) is 0.301. The van der Waals surface area contributed by atoms with E-state index in [4.69, 9.17) is 0 Å². The van der Waals surface area contributed by atoms with Crippen molar-refractivity contribution in [2.45, 2.75) is 13.3 Å². The van der Waals surface area contributed by atoms with Crippen LogP contribution in [-0.4, -0.2) is 80.7 Å². The Morgan fingerprint density at radius 2 is 2.00 bits per heavy atom. The zero-order chi connectivity index (χ0) is 19.9. The maximum Gasteiger partial charge on any atom is 0.190 e. The molecule has 3 rings (SSSR count). The fourth-order valence-electron chi connectivity index (χ4n) is 3.71. The largest absolute Gasteiger partial charge is 0.361 e. The van der Waals surface area contributed by atoms with Gasteiger partial charge in [-0.25, -0.2) is 4.39 Å². The molecule has 0 amide bonds. The molecule has 2 heterocycles. The molecule has 29 heavy (non-hydrogen) atoms. The maximum atomic E-state index is 13.3. The SMILES string of the molecule is CN=C(NCCc1c[nH]c2cc(F)ccc12)NCC(C)CN1CCN(C)CC1.I. The van der Waals surface area contributed by atoms with Crippen LogP contribution in [0.5, 0.6) is 0 Å². The second kappa shape index (κ2) is 11.7. The molecular weight excluding hydrogens is 482 g/mol. The van der Waals surface area contributed by atoms with Gasteiger partial charge in [0.2, 0.25) is 0 Å². The number of aromatic amines is 1. The monoisotopic (exact) mass is 516 g/mol. The third-order valence-electron chi connectivity index (χ3n) is 5.42. The van der Waals surface area contributed by atoms with Crippen LogP contribution in [0.25, 0.3) is 10.9 Å². The molecule has 0 radical (unpaired) electrons. The Hall–Kier alpha value is -1.39. The summed E-state index contributed by atoms with van der Waals surface area (Å²) in [7, 11) is 3.99. The maximum absolute atomic E-state index is 13.3. The lowest BCUT2D eigenvalue weighted by Gasteiger charge is -2.34. The number of guanidine groups is 1. The number of nitrogens with zero attached hydrogens (tertiary/aromatic N) is 3. The van der Waals surface area contributed by atoms with Gasteiger partial charge in [-0.1, -0.05) is 6.92 Å². The molecule has 1 saturated heterocycles. The number of H-pyrrole nitrogens is 1. The summed E-state index contributed by atoms with van der Waals surface area (Å²) in [6.45, 7) is 9.70. The van der Waals surface area contributed by atoms with E-state index < -0.39 is 0 Å². The summed E-state index contributed by atoms with van der Waals surface area (Å²) >= 11 is 0. The normalized spacial score (nSPS) is 17.2. The molecule has 6 nitrogen and oxygen atoms in total. The van der Waals surface area contributed by atoms with E-state index in [0.717, 1.165) is 69.1 Å². The lowest BCUT2D eigenvalue weighted by Crippen LogP contribution is -2.47. The first-order valence-corrected chi connectivity index (χ1v) is 10.2. The molecular formula is C21H34FIN6. The molecule has 1 atom stereocenters. The molecule has 0 bridgehead atoms.